The fraction of sp³-hybridized carbons (Fsp3) is 0.875. The van der Waals surface area contributed by atoms with E-state index in [0.29, 0.717) is 6.42 Å². The van der Waals surface area contributed by atoms with Gasteiger partial charge in [-0.1, -0.05) is 6.92 Å². The highest BCUT2D eigenvalue weighted by molar-refractivity contribution is 5.73. The van der Waals surface area contributed by atoms with Crippen molar-refractivity contribution < 1.29 is 9.90 Å². The molecular weight excluding hydrogens is 142 g/mol. The van der Waals surface area contributed by atoms with Crippen LogP contribution >= 0.6 is 0 Å². The third-order valence-corrected chi connectivity index (χ3v) is 2.06. The van der Waals surface area contributed by atoms with Crippen molar-refractivity contribution in [2.75, 3.05) is 6.54 Å². The van der Waals surface area contributed by atoms with E-state index in [2.05, 4.69) is 5.32 Å². The van der Waals surface area contributed by atoms with Crippen LogP contribution in [0.3, 0.4) is 0 Å². The fourth-order valence-electron chi connectivity index (χ4n) is 1.04. The molecule has 1 rings (SSSR count). The van der Waals surface area contributed by atoms with Crippen molar-refractivity contribution in [1.82, 2.24) is 5.32 Å². The normalized spacial score (nSPS) is 19.7. The lowest BCUT2D eigenvalue weighted by atomic mass is 10.2. The van der Waals surface area contributed by atoms with Gasteiger partial charge in [-0.25, -0.2) is 0 Å². The Morgan fingerprint density at radius 3 is 2.73 bits per heavy atom. The van der Waals surface area contributed by atoms with Crippen molar-refractivity contribution in [3.63, 3.8) is 0 Å². The summed E-state index contributed by atoms with van der Waals surface area (Å²) >= 11 is 0. The highest BCUT2D eigenvalue weighted by Crippen LogP contribution is 2.27. The van der Waals surface area contributed by atoms with Crippen LogP contribution in [0.4, 0.5) is 0 Å². The smallest absolute Gasteiger partial charge is 0.320 e. The first kappa shape index (κ1) is 8.53. The first-order chi connectivity index (χ1) is 5.24. The maximum Gasteiger partial charge on any atom is 0.320 e. The van der Waals surface area contributed by atoms with E-state index < -0.39 is 5.97 Å². The lowest BCUT2D eigenvalue weighted by Gasteiger charge is -2.10. The Balaban J connectivity index is 2.13. The summed E-state index contributed by atoms with van der Waals surface area (Å²) in [5, 5.41) is 11.7. The zero-order chi connectivity index (χ0) is 8.27. The third kappa shape index (κ3) is 2.89. The van der Waals surface area contributed by atoms with Gasteiger partial charge in [-0.05, 0) is 31.7 Å². The molecule has 0 aromatic rings. The van der Waals surface area contributed by atoms with Crippen LogP contribution in [-0.4, -0.2) is 23.7 Å². The number of nitrogens with one attached hydrogen (secondary N) is 1. The molecule has 1 aliphatic rings. The molecule has 0 heterocycles. The molecule has 0 amide bonds. The van der Waals surface area contributed by atoms with Crippen molar-refractivity contribution >= 4 is 5.97 Å². The molecule has 11 heavy (non-hydrogen) atoms. The number of hydrogen-bond donors (Lipinski definition) is 2. The Morgan fingerprint density at radius 1 is 1.73 bits per heavy atom. The van der Waals surface area contributed by atoms with Gasteiger partial charge in [0.15, 0.2) is 0 Å². The topological polar surface area (TPSA) is 49.3 Å². The molecule has 3 nitrogen and oxygen atoms in total. The van der Waals surface area contributed by atoms with Crippen LogP contribution in [0.5, 0.6) is 0 Å². The Labute approximate surface area is 66.8 Å². The zero-order valence-corrected chi connectivity index (χ0v) is 6.84. The molecule has 1 fully saturated rings. The zero-order valence-electron chi connectivity index (χ0n) is 6.84. The number of aliphatic carboxylic acids is 1. The van der Waals surface area contributed by atoms with Crippen LogP contribution in [0.1, 0.15) is 26.2 Å². The molecule has 3 heteroatoms. The molecule has 1 aliphatic carbocycles. The molecule has 0 bridgehead atoms. The Kier molecular flexibility index (Phi) is 2.88. The molecule has 0 radical (unpaired) electrons. The van der Waals surface area contributed by atoms with Crippen molar-refractivity contribution in [3.8, 4) is 0 Å². The number of rotatable bonds is 5. The van der Waals surface area contributed by atoms with Crippen molar-refractivity contribution in [2.45, 2.75) is 32.2 Å². The Bertz CT molecular complexity index is 143. The van der Waals surface area contributed by atoms with Gasteiger partial charge in [-0.2, -0.15) is 0 Å². The summed E-state index contributed by atoms with van der Waals surface area (Å²) < 4.78 is 0. The van der Waals surface area contributed by atoms with Gasteiger partial charge in [0.25, 0.3) is 0 Å². The molecule has 0 saturated heterocycles. The highest BCUT2D eigenvalue weighted by atomic mass is 16.4. The van der Waals surface area contributed by atoms with Gasteiger partial charge in [0, 0.05) is 0 Å². The molecule has 0 aliphatic heterocycles. The molecule has 0 aromatic carbocycles. The second-order valence-corrected chi connectivity index (χ2v) is 3.15. The average molecular weight is 157 g/mol. The molecule has 1 unspecified atom stereocenters. The summed E-state index contributed by atoms with van der Waals surface area (Å²) in [6, 6.07) is -0.337. The first-order valence-electron chi connectivity index (χ1n) is 4.20. The van der Waals surface area contributed by atoms with E-state index in [1.165, 1.54) is 12.8 Å². The van der Waals surface area contributed by atoms with E-state index in [9.17, 15) is 4.79 Å². The van der Waals surface area contributed by atoms with E-state index in [1.807, 2.05) is 6.92 Å². The van der Waals surface area contributed by atoms with Crippen LogP contribution in [0.15, 0.2) is 0 Å². The average Bonchev–Trinajstić information content (AvgIpc) is 2.72. The number of carboxylic acids is 1. The van der Waals surface area contributed by atoms with Crippen molar-refractivity contribution in [1.29, 1.82) is 0 Å². The van der Waals surface area contributed by atoms with Crippen LogP contribution in [0, 0.1) is 5.92 Å². The van der Waals surface area contributed by atoms with Gasteiger partial charge >= 0.3 is 5.97 Å². The molecular formula is C8H15NO2. The molecule has 64 valence electrons. The second-order valence-electron chi connectivity index (χ2n) is 3.15. The minimum atomic E-state index is -0.729. The predicted octanol–water partition coefficient (Wildman–Crippen LogP) is 0.849. The molecule has 1 atom stereocenters. The van der Waals surface area contributed by atoms with E-state index in [-0.39, 0.29) is 6.04 Å². The summed E-state index contributed by atoms with van der Waals surface area (Å²) in [5.41, 5.74) is 0. The lowest BCUT2D eigenvalue weighted by molar-refractivity contribution is -0.139. The molecule has 0 spiro atoms. The minimum absolute atomic E-state index is 0.337. The monoisotopic (exact) mass is 157 g/mol. The van der Waals surface area contributed by atoms with Gasteiger partial charge in [0.2, 0.25) is 0 Å². The standard InChI is InChI=1S/C8H15NO2/c1-2-7(8(10)11)9-5-6-3-4-6/h6-7,9H,2-5H2,1H3,(H,10,11). The predicted molar refractivity (Wildman–Crippen MR) is 42.4 cm³/mol. The number of hydrogen-bond acceptors (Lipinski definition) is 2. The maximum atomic E-state index is 10.5. The van der Waals surface area contributed by atoms with Crippen LogP contribution in [0.2, 0.25) is 0 Å². The largest absolute Gasteiger partial charge is 0.480 e. The van der Waals surface area contributed by atoms with Crippen LogP contribution < -0.4 is 5.32 Å². The van der Waals surface area contributed by atoms with Gasteiger partial charge < -0.3 is 10.4 Å². The maximum absolute atomic E-state index is 10.5. The van der Waals surface area contributed by atoms with E-state index >= 15 is 0 Å². The molecule has 2 N–H and O–H groups in total. The SMILES string of the molecule is CCC(NCC1CC1)C(=O)O. The summed E-state index contributed by atoms with van der Waals surface area (Å²) in [6.07, 6.45) is 3.20. The summed E-state index contributed by atoms with van der Waals surface area (Å²) in [5.74, 6) is 0.0246. The van der Waals surface area contributed by atoms with Gasteiger partial charge in [0.1, 0.15) is 6.04 Å². The van der Waals surface area contributed by atoms with Gasteiger partial charge in [-0.3, -0.25) is 4.79 Å². The van der Waals surface area contributed by atoms with Gasteiger partial charge in [0.05, 0.1) is 0 Å². The van der Waals surface area contributed by atoms with Crippen LogP contribution in [0.25, 0.3) is 0 Å². The molecule has 1 saturated carbocycles. The van der Waals surface area contributed by atoms with Crippen molar-refractivity contribution in [3.05, 3.63) is 0 Å². The number of carbonyl (C=O) groups is 1. The summed E-state index contributed by atoms with van der Waals surface area (Å²) in [4.78, 5) is 10.5. The van der Waals surface area contributed by atoms with Crippen molar-refractivity contribution in [2.24, 2.45) is 5.92 Å². The first-order valence-corrected chi connectivity index (χ1v) is 4.20. The van der Waals surface area contributed by atoms with Gasteiger partial charge in [-0.15, -0.1) is 0 Å². The highest BCUT2D eigenvalue weighted by Gasteiger charge is 2.23. The van der Waals surface area contributed by atoms with E-state index in [0.717, 1.165) is 12.5 Å². The summed E-state index contributed by atoms with van der Waals surface area (Å²) in [7, 11) is 0. The summed E-state index contributed by atoms with van der Waals surface area (Å²) in [6.45, 7) is 2.77. The third-order valence-electron chi connectivity index (χ3n) is 2.06. The molecule has 0 aromatic heterocycles. The van der Waals surface area contributed by atoms with E-state index in [1.54, 1.807) is 0 Å². The quantitative estimate of drug-likeness (QED) is 0.622. The Hall–Kier alpha value is -0.570. The van der Waals surface area contributed by atoms with E-state index in [4.69, 9.17) is 5.11 Å². The lowest BCUT2D eigenvalue weighted by Crippen LogP contribution is -2.37. The van der Waals surface area contributed by atoms with Crippen LogP contribution in [-0.2, 0) is 4.79 Å². The Morgan fingerprint density at radius 2 is 2.36 bits per heavy atom. The second kappa shape index (κ2) is 3.72. The fourth-order valence-corrected chi connectivity index (χ4v) is 1.04. The number of carboxylic acid groups (broad SMARTS) is 1. The minimum Gasteiger partial charge on any atom is -0.480 e.